The van der Waals surface area contributed by atoms with Gasteiger partial charge in [-0.3, -0.25) is 43.7 Å². The lowest BCUT2D eigenvalue weighted by molar-refractivity contribution is -0.121. The Bertz CT molecular complexity index is 6460. The van der Waals surface area contributed by atoms with Gasteiger partial charge in [-0.1, -0.05) is 177 Å². The molecule has 28 nitrogen and oxygen atoms in total. The zero-order chi connectivity index (χ0) is 97.9. The van der Waals surface area contributed by atoms with Gasteiger partial charge >= 0.3 is 14.2 Å². The number of ether oxygens (including phenoxy) is 5. The highest BCUT2D eigenvalue weighted by Crippen LogP contribution is 2.45. The van der Waals surface area contributed by atoms with Crippen molar-refractivity contribution in [3.05, 3.63) is 295 Å². The Hall–Kier alpha value is -11.5. The molecule has 2 spiro atoms. The number of aromatic nitrogens is 10. The number of halogens is 11. The Balaban J connectivity index is 0.000000156. The molecule has 0 atom stereocenters. The van der Waals surface area contributed by atoms with Crippen LogP contribution >= 0.6 is 118 Å². The highest BCUT2D eigenvalue weighted by molar-refractivity contribution is 14.1. The SMILES string of the molecule is Brc1ccccc1I.COc1nc(-c2cccc(-c3cccc(-c4cnc(C=O)c(OC)n4)c3Br)c2F)cnc1C=O.COc1nc(-c2cccc(-c3cccc(-c4cnc(CN5CC6(CNC(=O)C6)C5)c(OC)n4)c3Br)c2F)cnc1CN1CC2(CNC(=O)C2)C1.COc1nc(Br)cnc1C=O.Fc1ccccc1-c1ccccc1Br.OB(O)c1cccc(-c2cccc(B(O)O)c2Br)c1F. The van der Waals surface area contributed by atoms with Gasteiger partial charge in [0.1, 0.15) is 39.3 Å². The van der Waals surface area contributed by atoms with Crippen LogP contribution in [0, 0.1) is 37.7 Å². The smallest absolute Gasteiger partial charge is 0.480 e. The number of nitrogens with one attached hydrogen (secondary N) is 2. The Morgan fingerprint density at radius 1 is 0.380 bits per heavy atom. The van der Waals surface area contributed by atoms with Crippen LogP contribution in [0.25, 0.3) is 89.5 Å². The molecule has 9 heterocycles. The summed E-state index contributed by atoms with van der Waals surface area (Å²) in [5.41, 5.74) is 9.00. The summed E-state index contributed by atoms with van der Waals surface area (Å²) in [4.78, 5) is 104. The average Bonchev–Trinajstić information content (AvgIpc) is 1.51. The summed E-state index contributed by atoms with van der Waals surface area (Å²) >= 11 is 22.7. The van der Waals surface area contributed by atoms with Gasteiger partial charge in [-0.15, -0.1) is 0 Å². The average molecular weight is 2360 g/mol. The van der Waals surface area contributed by atoms with Crippen LogP contribution in [0.15, 0.2) is 240 Å². The molecule has 4 aliphatic rings. The summed E-state index contributed by atoms with van der Waals surface area (Å²) in [5, 5.41) is 42.6. The molecule has 0 saturated carbocycles. The quantitative estimate of drug-likeness (QED) is 0.0159. The van der Waals surface area contributed by atoms with E-state index in [1.54, 1.807) is 98.4 Å². The predicted molar refractivity (Wildman–Crippen MR) is 538 cm³/mol. The van der Waals surface area contributed by atoms with Crippen molar-refractivity contribution in [2.45, 2.75) is 25.9 Å². The number of methoxy groups -OCH3 is 5. The molecule has 0 unspecified atom stereocenters. The summed E-state index contributed by atoms with van der Waals surface area (Å²) < 4.78 is 91.5. The third-order valence-corrected chi connectivity index (χ3v) is 28.1. The number of carbonyl (C=O) groups excluding carboxylic acids is 5. The third-order valence-electron chi connectivity index (χ3n) is 22.0. The Labute approximate surface area is 847 Å². The van der Waals surface area contributed by atoms with Crippen LogP contribution in [-0.4, -0.2) is 199 Å². The summed E-state index contributed by atoms with van der Waals surface area (Å²) in [5.74, 6) is -0.636. The first-order chi connectivity index (χ1) is 66.0. The maximum Gasteiger partial charge on any atom is 0.491 e. The van der Waals surface area contributed by atoms with Gasteiger partial charge in [-0.25, -0.2) is 57.4 Å². The van der Waals surface area contributed by atoms with Crippen LogP contribution in [0.3, 0.4) is 0 Å². The molecule has 137 heavy (non-hydrogen) atoms. The van der Waals surface area contributed by atoms with Crippen LogP contribution in [0.2, 0.25) is 0 Å². The van der Waals surface area contributed by atoms with Crippen molar-refractivity contribution in [3.63, 3.8) is 0 Å². The topological polar surface area (TPSA) is 372 Å². The minimum Gasteiger partial charge on any atom is -0.480 e. The van der Waals surface area contributed by atoms with Crippen molar-refractivity contribution < 1.29 is 85.3 Å². The van der Waals surface area contributed by atoms with Gasteiger partial charge in [0.05, 0.1) is 89.3 Å². The molecule has 700 valence electrons. The van der Waals surface area contributed by atoms with E-state index in [2.05, 4.69) is 185 Å². The number of aldehydes is 3. The van der Waals surface area contributed by atoms with Gasteiger partial charge in [0.15, 0.2) is 35.9 Å². The first-order valence-corrected chi connectivity index (χ1v) is 47.2. The van der Waals surface area contributed by atoms with E-state index in [1.165, 1.54) is 85.4 Å². The van der Waals surface area contributed by atoms with Crippen LogP contribution < -0.4 is 45.2 Å². The monoisotopic (exact) mass is 2350 g/mol. The molecule has 4 aliphatic heterocycles. The zero-order valence-corrected chi connectivity index (χ0v) is 84.7. The fourth-order valence-electron chi connectivity index (χ4n) is 15.5. The molecular weight excluding hydrogens is 2280 g/mol. The van der Waals surface area contributed by atoms with Gasteiger partial charge in [0.2, 0.25) is 41.2 Å². The number of amides is 2. The molecule has 5 aromatic heterocycles. The molecule has 9 aromatic carbocycles. The second kappa shape index (κ2) is 47.3. The number of carbonyl (C=O) groups is 5. The summed E-state index contributed by atoms with van der Waals surface area (Å²) in [6, 6.07) is 52.3. The molecular formula is C96H79B2Br6F4IN14O14. The Kier molecular flexibility index (Phi) is 35.5. The molecule has 41 heteroatoms. The highest BCUT2D eigenvalue weighted by atomic mass is 127. The van der Waals surface area contributed by atoms with Crippen molar-refractivity contribution in [1.29, 1.82) is 0 Å². The molecule has 18 rings (SSSR count). The maximum atomic E-state index is 16.4. The Morgan fingerprint density at radius 2 is 0.715 bits per heavy atom. The van der Waals surface area contributed by atoms with Crippen LogP contribution in [0.5, 0.6) is 29.4 Å². The van der Waals surface area contributed by atoms with Crippen molar-refractivity contribution in [2.24, 2.45) is 10.8 Å². The van der Waals surface area contributed by atoms with Gasteiger partial charge < -0.3 is 54.4 Å². The van der Waals surface area contributed by atoms with Crippen molar-refractivity contribution >= 4 is 174 Å². The zero-order valence-electron chi connectivity index (χ0n) is 73.1. The first kappa shape index (κ1) is 103. The lowest BCUT2D eigenvalue weighted by Crippen LogP contribution is -2.56. The minimum absolute atomic E-state index is 0.00412. The number of nitrogens with zero attached hydrogens (tertiary/aromatic N) is 12. The minimum atomic E-state index is -1.92. The summed E-state index contributed by atoms with van der Waals surface area (Å²) in [7, 11) is 3.68. The lowest BCUT2D eigenvalue weighted by atomic mass is 9.76. The standard InChI is InChI=1S/C36H36BrFN8O4.C24H16BrFN4O4.C12H10B2BrFO4.C12H8BrF.C6H4BrI.C6H5BrN2O2/c1-49-33-27(13-45-17-35(18-45)9-29(47)41-15-35)39-11-25(43-33)23-7-3-5-21(31(23)37)22-6-4-8-24(32(22)38)26-12-40-28(34(44-26)50-2)14-46-19-36(20-46)10-30(48)42-16-36;1-33-23-19(11-31)27-9-17(29-23)15-7-3-5-13(21(15)25)14-6-4-8-16(22(14)26)18-10-28-20(12-32)24(30-18)34-2;15-11-7(3-1-5-9(11)13(17)18)8-4-2-6-10(12(8)16)14(19)20;13-11-7-3-1-5-9(11)10-6-2-4-8-12(10)14;7-5-3-1-2-4-6(5)8;1-11-6-4(3-10)8-2-5(7)9-6/h3-8,11-12H,9-10,13-20H2,1-2H3,(H,41,47)(H,42,48);3-12H,1-2H3;1-6,17-20H;1-8H;1-4H;2-3H,1H3. The molecule has 0 bridgehead atoms. The molecule has 4 fully saturated rings. The number of hydrogen-bond acceptors (Lipinski definition) is 26. The van der Waals surface area contributed by atoms with Crippen LogP contribution in [0.1, 0.15) is 55.7 Å². The van der Waals surface area contributed by atoms with E-state index >= 15 is 8.78 Å². The largest absolute Gasteiger partial charge is 0.491 e. The van der Waals surface area contributed by atoms with E-state index in [1.807, 2.05) is 66.7 Å². The maximum absolute atomic E-state index is 16.4. The van der Waals surface area contributed by atoms with Crippen molar-refractivity contribution in [3.8, 4) is 119 Å². The second-order valence-corrected chi connectivity index (χ2v) is 37.1. The van der Waals surface area contributed by atoms with E-state index in [0.717, 1.165) is 48.3 Å². The summed E-state index contributed by atoms with van der Waals surface area (Å²) in [6.45, 7) is 5.76. The highest BCUT2D eigenvalue weighted by Gasteiger charge is 2.49. The fraction of sp³-hybridized carbons (Fsp3) is 0.177. The first-order valence-electron chi connectivity index (χ1n) is 41.4. The number of likely N-dealkylation sites (tertiary alicyclic amines) is 2. The molecule has 14 aromatic rings. The van der Waals surface area contributed by atoms with Crippen LogP contribution in [0.4, 0.5) is 17.6 Å². The molecule has 6 N–H and O–H groups in total. The molecule has 2 amide bonds. The normalized spacial score (nSPS) is 13.5. The van der Waals surface area contributed by atoms with E-state index in [4.69, 9.17) is 43.7 Å². The second-order valence-electron chi connectivity index (χ2n) is 31.1. The van der Waals surface area contributed by atoms with Crippen LogP contribution in [-0.2, 0) is 22.7 Å². The lowest BCUT2D eigenvalue weighted by Gasteiger charge is -2.46. The number of benzene rings is 9. The molecule has 4 saturated heterocycles. The van der Waals surface area contributed by atoms with Crippen molar-refractivity contribution in [2.75, 3.05) is 74.8 Å². The third kappa shape index (κ3) is 24.5. The number of rotatable bonds is 22. The molecule has 0 radical (unpaired) electrons. The van der Waals surface area contributed by atoms with Gasteiger partial charge in [0.25, 0.3) is 0 Å². The Morgan fingerprint density at radius 3 is 1.11 bits per heavy atom. The fourth-order valence-corrected chi connectivity index (χ4v) is 19.0. The van der Waals surface area contributed by atoms with E-state index < -0.39 is 31.7 Å². The van der Waals surface area contributed by atoms with Gasteiger partial charge in [-0.2, -0.15) is 0 Å². The number of hydrogen-bond donors (Lipinski definition) is 6. The summed E-state index contributed by atoms with van der Waals surface area (Å²) in [6.07, 6.45) is 10.3. The van der Waals surface area contributed by atoms with Gasteiger partial charge in [-0.05, 0) is 150 Å². The van der Waals surface area contributed by atoms with Gasteiger partial charge in [0, 0.05) is 152 Å². The van der Waals surface area contributed by atoms with Crippen molar-refractivity contribution in [1.82, 2.24) is 70.3 Å². The van der Waals surface area contributed by atoms with E-state index in [-0.39, 0.29) is 90.9 Å². The van der Waals surface area contributed by atoms with E-state index in [9.17, 15) is 42.8 Å². The predicted octanol–water partition coefficient (Wildman–Crippen LogP) is 16.6. The molecule has 0 aliphatic carbocycles. The van der Waals surface area contributed by atoms with E-state index in [0.29, 0.717) is 154 Å².